The maximum absolute atomic E-state index is 12.4. The number of carbonyl (C=O) groups excluding carboxylic acids is 1. The number of carbonyl (C=O) groups is 1. The monoisotopic (exact) mass is 433 g/mol. The normalized spacial score (nSPS) is 15.7. The van der Waals surface area contributed by atoms with Gasteiger partial charge in [-0.25, -0.2) is 0 Å². The number of anilines is 1. The molecule has 0 aromatic heterocycles. The minimum Gasteiger partial charge on any atom is -0.326 e. The van der Waals surface area contributed by atoms with E-state index < -0.39 is 10.0 Å². The zero-order valence-electron chi connectivity index (χ0n) is 16.2. The summed E-state index contributed by atoms with van der Waals surface area (Å²) in [6, 6.07) is 13.1. The van der Waals surface area contributed by atoms with Crippen molar-refractivity contribution in [2.75, 3.05) is 5.32 Å². The predicted molar refractivity (Wildman–Crippen MR) is 116 cm³/mol. The van der Waals surface area contributed by atoms with Crippen LogP contribution in [0.1, 0.15) is 44.6 Å². The molecule has 2 aromatic rings. The highest BCUT2D eigenvalue weighted by Gasteiger charge is 2.21. The number of rotatable bonds is 6. The van der Waals surface area contributed by atoms with Crippen LogP contribution in [0, 0.1) is 5.92 Å². The van der Waals surface area contributed by atoms with Crippen molar-refractivity contribution >= 4 is 38.9 Å². The van der Waals surface area contributed by atoms with Crippen LogP contribution in [0.4, 0.5) is 5.69 Å². The lowest BCUT2D eigenvalue weighted by Crippen LogP contribution is -2.24. The molecule has 0 radical (unpaired) electrons. The van der Waals surface area contributed by atoms with Gasteiger partial charge in [0.05, 0.1) is 10.6 Å². The van der Waals surface area contributed by atoms with E-state index in [1.54, 1.807) is 19.1 Å². The molecule has 1 aliphatic rings. The van der Waals surface area contributed by atoms with Crippen molar-refractivity contribution in [2.45, 2.75) is 43.9 Å². The lowest BCUT2D eigenvalue weighted by molar-refractivity contribution is -0.120. The van der Waals surface area contributed by atoms with E-state index in [4.69, 9.17) is 11.6 Å². The molecule has 1 fully saturated rings. The Bertz CT molecular complexity index is 998. The number of nitrogens with one attached hydrogen (secondary N) is 2. The average molecular weight is 434 g/mol. The molecular formula is C21H24ClN3O3S. The summed E-state index contributed by atoms with van der Waals surface area (Å²) in [4.78, 5) is 14.8. The van der Waals surface area contributed by atoms with Crippen molar-refractivity contribution in [3.05, 3.63) is 59.1 Å². The summed E-state index contributed by atoms with van der Waals surface area (Å²) in [5, 5.41) is 7.43. The van der Waals surface area contributed by atoms with Gasteiger partial charge in [0.15, 0.2) is 0 Å². The Balaban J connectivity index is 1.68. The van der Waals surface area contributed by atoms with Crippen LogP contribution in [-0.2, 0) is 14.8 Å². The van der Waals surface area contributed by atoms with E-state index in [0.29, 0.717) is 22.0 Å². The van der Waals surface area contributed by atoms with E-state index in [1.165, 1.54) is 30.7 Å². The maximum Gasteiger partial charge on any atom is 0.276 e. The van der Waals surface area contributed by atoms with Gasteiger partial charge in [0, 0.05) is 16.6 Å². The van der Waals surface area contributed by atoms with Crippen molar-refractivity contribution < 1.29 is 13.2 Å². The van der Waals surface area contributed by atoms with E-state index in [0.717, 1.165) is 25.7 Å². The summed E-state index contributed by atoms with van der Waals surface area (Å²) < 4.78 is 24.7. The van der Waals surface area contributed by atoms with Crippen LogP contribution in [-0.4, -0.2) is 20.0 Å². The maximum atomic E-state index is 12.4. The molecule has 0 heterocycles. The third-order valence-electron chi connectivity index (χ3n) is 4.98. The highest BCUT2D eigenvalue weighted by molar-refractivity contribution is 7.89. The van der Waals surface area contributed by atoms with Crippen molar-refractivity contribution in [1.82, 2.24) is 4.83 Å². The van der Waals surface area contributed by atoms with Gasteiger partial charge >= 0.3 is 0 Å². The number of benzene rings is 2. The summed E-state index contributed by atoms with van der Waals surface area (Å²) in [5.41, 5.74) is 1.87. The summed E-state index contributed by atoms with van der Waals surface area (Å²) >= 11 is 5.80. The molecule has 2 aromatic carbocycles. The standard InChI is InChI=1S/C21H24ClN3O3S/c1-15(24-25-29(27,28)20-12-10-18(22)11-13-20)17-8-5-9-19(14-17)23-21(26)16-6-3-2-4-7-16/h5,8-14,16,25H,2-4,6-7H2,1H3,(H,23,26). The molecule has 1 saturated carbocycles. The zero-order valence-corrected chi connectivity index (χ0v) is 17.8. The third-order valence-corrected chi connectivity index (χ3v) is 6.46. The van der Waals surface area contributed by atoms with E-state index in [9.17, 15) is 13.2 Å². The number of hydrazone groups is 1. The molecule has 1 amide bonds. The lowest BCUT2D eigenvalue weighted by Gasteiger charge is -2.20. The highest BCUT2D eigenvalue weighted by Crippen LogP contribution is 2.25. The fourth-order valence-corrected chi connectivity index (χ4v) is 4.27. The van der Waals surface area contributed by atoms with Gasteiger partial charge in [-0.15, -0.1) is 0 Å². The molecular weight excluding hydrogens is 410 g/mol. The molecule has 1 aliphatic carbocycles. The summed E-state index contributed by atoms with van der Waals surface area (Å²) in [6.45, 7) is 1.70. The van der Waals surface area contributed by atoms with Gasteiger partial charge < -0.3 is 5.32 Å². The fourth-order valence-electron chi connectivity index (χ4n) is 3.29. The smallest absolute Gasteiger partial charge is 0.276 e. The highest BCUT2D eigenvalue weighted by atomic mass is 35.5. The van der Waals surface area contributed by atoms with Crippen LogP contribution in [0.25, 0.3) is 0 Å². The number of nitrogens with zero attached hydrogens (tertiary/aromatic N) is 1. The van der Waals surface area contributed by atoms with Crippen LogP contribution in [0.15, 0.2) is 58.5 Å². The van der Waals surface area contributed by atoms with Crippen molar-refractivity contribution in [2.24, 2.45) is 11.0 Å². The van der Waals surface area contributed by atoms with Gasteiger partial charge in [-0.2, -0.15) is 18.4 Å². The SMILES string of the molecule is CC(=NNS(=O)(=O)c1ccc(Cl)cc1)c1cccc(NC(=O)C2CCCCC2)c1. The van der Waals surface area contributed by atoms with Gasteiger partial charge in [0.2, 0.25) is 5.91 Å². The fraction of sp³-hybridized carbons (Fsp3) is 0.333. The second kappa shape index (κ2) is 9.41. The van der Waals surface area contributed by atoms with Crippen LogP contribution < -0.4 is 10.1 Å². The molecule has 2 N–H and O–H groups in total. The molecule has 0 spiro atoms. The first kappa shape index (κ1) is 21.3. The van der Waals surface area contributed by atoms with E-state index in [2.05, 4.69) is 15.2 Å². The minimum atomic E-state index is -3.79. The molecule has 6 nitrogen and oxygen atoms in total. The predicted octanol–water partition coefficient (Wildman–Crippen LogP) is 4.56. The Morgan fingerprint density at radius 1 is 1.07 bits per heavy atom. The van der Waals surface area contributed by atoms with E-state index in [-0.39, 0.29) is 16.7 Å². The second-order valence-electron chi connectivity index (χ2n) is 7.15. The number of hydrogen-bond acceptors (Lipinski definition) is 4. The Morgan fingerprint density at radius 3 is 2.45 bits per heavy atom. The second-order valence-corrected chi connectivity index (χ2v) is 9.25. The van der Waals surface area contributed by atoms with Crippen LogP contribution in [0.5, 0.6) is 0 Å². The molecule has 3 rings (SSSR count). The number of amides is 1. The van der Waals surface area contributed by atoms with Crippen molar-refractivity contribution in [1.29, 1.82) is 0 Å². The van der Waals surface area contributed by atoms with Gasteiger partial charge in [0.25, 0.3) is 10.0 Å². The molecule has 8 heteroatoms. The van der Waals surface area contributed by atoms with Crippen LogP contribution >= 0.6 is 11.6 Å². The van der Waals surface area contributed by atoms with Crippen LogP contribution in [0.3, 0.4) is 0 Å². The van der Waals surface area contributed by atoms with E-state index >= 15 is 0 Å². The summed E-state index contributed by atoms with van der Waals surface area (Å²) in [7, 11) is -3.79. The van der Waals surface area contributed by atoms with Gasteiger partial charge in [-0.1, -0.05) is 43.0 Å². The number of halogens is 1. The first-order valence-corrected chi connectivity index (χ1v) is 11.4. The van der Waals surface area contributed by atoms with Gasteiger partial charge in [-0.05, 0) is 61.7 Å². The molecule has 29 heavy (non-hydrogen) atoms. The van der Waals surface area contributed by atoms with Crippen molar-refractivity contribution in [3.63, 3.8) is 0 Å². The first-order chi connectivity index (χ1) is 13.8. The lowest BCUT2D eigenvalue weighted by atomic mass is 9.88. The first-order valence-electron chi connectivity index (χ1n) is 9.58. The largest absolute Gasteiger partial charge is 0.326 e. The Labute approximate surface area is 176 Å². The Kier molecular flexibility index (Phi) is 6.92. The topological polar surface area (TPSA) is 87.6 Å². The van der Waals surface area contributed by atoms with Crippen LogP contribution in [0.2, 0.25) is 5.02 Å². The minimum absolute atomic E-state index is 0.0416. The Morgan fingerprint density at radius 2 is 1.76 bits per heavy atom. The van der Waals surface area contributed by atoms with Gasteiger partial charge in [0.1, 0.15) is 0 Å². The van der Waals surface area contributed by atoms with E-state index in [1.807, 2.05) is 12.1 Å². The number of sulfonamides is 1. The molecule has 0 aliphatic heterocycles. The number of hydrogen-bond donors (Lipinski definition) is 2. The molecule has 0 unspecified atom stereocenters. The van der Waals surface area contributed by atoms with Crippen molar-refractivity contribution in [3.8, 4) is 0 Å². The molecule has 0 bridgehead atoms. The average Bonchev–Trinajstić information content (AvgIpc) is 2.73. The molecule has 0 atom stereocenters. The molecule has 154 valence electrons. The zero-order chi connectivity index (χ0) is 20.9. The summed E-state index contributed by atoms with van der Waals surface area (Å²) in [5.74, 6) is 0.105. The Hall–Kier alpha value is -2.38. The summed E-state index contributed by atoms with van der Waals surface area (Å²) in [6.07, 6.45) is 5.24. The molecule has 0 saturated heterocycles. The quantitative estimate of drug-likeness (QED) is 0.517. The third kappa shape index (κ3) is 5.81. The van der Waals surface area contributed by atoms with Gasteiger partial charge in [-0.3, -0.25) is 4.79 Å².